The quantitative estimate of drug-likeness (QED) is 0.556. The minimum absolute atomic E-state index is 0.0259. The Kier molecular flexibility index (Phi) is 2.21. The lowest BCUT2D eigenvalue weighted by Crippen LogP contribution is -1.89. The van der Waals surface area contributed by atoms with E-state index in [0.29, 0.717) is 11.5 Å². The van der Waals surface area contributed by atoms with Crippen LogP contribution in [0.3, 0.4) is 0 Å². The molecule has 2 rings (SSSR count). The molecular weight excluding hydrogens is 196 g/mol. The van der Waals surface area contributed by atoms with Crippen LogP contribution < -0.4 is 0 Å². The largest absolute Gasteiger partial charge is 0.460 e. The van der Waals surface area contributed by atoms with Crippen molar-refractivity contribution in [1.29, 1.82) is 0 Å². The zero-order chi connectivity index (χ0) is 10.8. The molecule has 5 nitrogen and oxygen atoms in total. The Labute approximate surface area is 85.5 Å². The second-order valence-electron chi connectivity index (χ2n) is 3.07. The molecule has 0 fully saturated rings. The van der Waals surface area contributed by atoms with Crippen molar-refractivity contribution in [1.82, 2.24) is 4.98 Å². The van der Waals surface area contributed by atoms with Gasteiger partial charge in [-0.25, -0.2) is 4.98 Å². The molecule has 0 saturated heterocycles. The minimum atomic E-state index is -0.482. The van der Waals surface area contributed by atoms with Gasteiger partial charge in [0.25, 0.3) is 5.69 Å². The van der Waals surface area contributed by atoms with Gasteiger partial charge < -0.3 is 4.42 Å². The first kappa shape index (κ1) is 9.39. The molecule has 2 heterocycles. The minimum Gasteiger partial charge on any atom is -0.460 e. The number of hydrogen-bond donors (Lipinski definition) is 0. The summed E-state index contributed by atoms with van der Waals surface area (Å²) in [5.41, 5.74) is 0.565. The van der Waals surface area contributed by atoms with Crippen LogP contribution in [0.15, 0.2) is 34.9 Å². The third-order valence-electron chi connectivity index (χ3n) is 1.95. The number of rotatable bonds is 2. The van der Waals surface area contributed by atoms with Crippen LogP contribution in [0.2, 0.25) is 0 Å². The topological polar surface area (TPSA) is 69.2 Å². The molecule has 2 aromatic rings. The Morgan fingerprint density at radius 3 is 2.60 bits per heavy atom. The van der Waals surface area contributed by atoms with Crippen LogP contribution in [-0.4, -0.2) is 9.91 Å². The first-order valence-corrected chi connectivity index (χ1v) is 4.34. The normalized spacial score (nSPS) is 10.2. The third-order valence-corrected chi connectivity index (χ3v) is 1.95. The molecule has 0 aliphatic carbocycles. The molecule has 5 heteroatoms. The van der Waals surface area contributed by atoms with Crippen LogP contribution in [0, 0.1) is 17.0 Å². The maximum atomic E-state index is 10.4. The fourth-order valence-corrected chi connectivity index (χ4v) is 1.21. The van der Waals surface area contributed by atoms with Gasteiger partial charge in [0.2, 0.25) is 0 Å². The lowest BCUT2D eigenvalue weighted by Gasteiger charge is -1.95. The Bertz CT molecular complexity index is 488. The summed E-state index contributed by atoms with van der Waals surface area (Å²) in [6.07, 6.45) is 1.22. The Balaban J connectivity index is 2.35. The molecule has 0 unspecified atom stereocenters. The van der Waals surface area contributed by atoms with Crippen LogP contribution >= 0.6 is 0 Å². The van der Waals surface area contributed by atoms with E-state index >= 15 is 0 Å². The van der Waals surface area contributed by atoms with Gasteiger partial charge in [-0.3, -0.25) is 10.1 Å². The monoisotopic (exact) mass is 204 g/mol. The summed E-state index contributed by atoms with van der Waals surface area (Å²) in [4.78, 5) is 13.9. The van der Waals surface area contributed by atoms with Gasteiger partial charge in [-0.2, -0.15) is 0 Å². The summed E-state index contributed by atoms with van der Waals surface area (Å²) in [5, 5.41) is 10.4. The number of aromatic nitrogens is 1. The van der Waals surface area contributed by atoms with Crippen molar-refractivity contribution in [2.24, 2.45) is 0 Å². The predicted molar refractivity (Wildman–Crippen MR) is 53.3 cm³/mol. The van der Waals surface area contributed by atoms with Crippen LogP contribution in [-0.2, 0) is 0 Å². The number of furan rings is 1. The number of hydrogen-bond acceptors (Lipinski definition) is 4. The maximum Gasteiger partial charge on any atom is 0.287 e. The van der Waals surface area contributed by atoms with Crippen LogP contribution in [0.1, 0.15) is 5.76 Å². The summed E-state index contributed by atoms with van der Waals surface area (Å²) < 4.78 is 5.34. The Morgan fingerprint density at radius 1 is 1.33 bits per heavy atom. The van der Waals surface area contributed by atoms with Crippen molar-refractivity contribution in [3.63, 3.8) is 0 Å². The molecule has 0 radical (unpaired) electrons. The average molecular weight is 204 g/mol. The predicted octanol–water partition coefficient (Wildman–Crippen LogP) is 2.56. The van der Waals surface area contributed by atoms with Gasteiger partial charge >= 0.3 is 0 Å². The summed E-state index contributed by atoms with van der Waals surface area (Å²) in [6.45, 7) is 1.83. The highest BCUT2D eigenvalue weighted by Crippen LogP contribution is 2.21. The Hall–Kier alpha value is -2.17. The SMILES string of the molecule is Cc1ccc(-c2ccc([N+](=O)[O-])cn2)o1. The van der Waals surface area contributed by atoms with E-state index in [2.05, 4.69) is 4.98 Å². The summed E-state index contributed by atoms with van der Waals surface area (Å²) in [5.74, 6) is 1.40. The Morgan fingerprint density at radius 2 is 2.13 bits per heavy atom. The highest BCUT2D eigenvalue weighted by atomic mass is 16.6. The molecular formula is C10H8N2O3. The van der Waals surface area contributed by atoms with Gasteiger partial charge in [0.15, 0.2) is 5.76 Å². The summed E-state index contributed by atoms with van der Waals surface area (Å²) in [7, 11) is 0. The van der Waals surface area contributed by atoms with E-state index in [4.69, 9.17) is 4.42 Å². The maximum absolute atomic E-state index is 10.4. The number of nitrogens with zero attached hydrogens (tertiary/aromatic N) is 2. The molecule has 0 N–H and O–H groups in total. The molecule has 0 bridgehead atoms. The van der Waals surface area contributed by atoms with Gasteiger partial charge in [-0.15, -0.1) is 0 Å². The van der Waals surface area contributed by atoms with Crippen molar-refractivity contribution in [2.75, 3.05) is 0 Å². The first-order valence-electron chi connectivity index (χ1n) is 4.34. The highest BCUT2D eigenvalue weighted by molar-refractivity contribution is 5.53. The second-order valence-corrected chi connectivity index (χ2v) is 3.07. The smallest absolute Gasteiger partial charge is 0.287 e. The molecule has 0 spiro atoms. The second kappa shape index (κ2) is 3.53. The fourth-order valence-electron chi connectivity index (χ4n) is 1.21. The first-order chi connectivity index (χ1) is 7.16. The van der Waals surface area contributed by atoms with E-state index in [9.17, 15) is 10.1 Å². The van der Waals surface area contributed by atoms with Gasteiger partial charge in [-0.05, 0) is 25.1 Å². The fraction of sp³-hybridized carbons (Fsp3) is 0.100. The van der Waals surface area contributed by atoms with Gasteiger partial charge in [0.1, 0.15) is 17.7 Å². The van der Waals surface area contributed by atoms with Crippen molar-refractivity contribution in [3.8, 4) is 11.5 Å². The standard InChI is InChI=1S/C10H8N2O3/c1-7-2-5-10(15-7)9-4-3-8(6-11-9)12(13)14/h2-6H,1H3. The lowest BCUT2D eigenvalue weighted by atomic mass is 10.3. The number of pyridine rings is 1. The van der Waals surface area contributed by atoms with Gasteiger partial charge in [-0.1, -0.05) is 0 Å². The van der Waals surface area contributed by atoms with E-state index in [-0.39, 0.29) is 5.69 Å². The zero-order valence-corrected chi connectivity index (χ0v) is 8.01. The molecule has 0 amide bonds. The van der Waals surface area contributed by atoms with Gasteiger partial charge in [0, 0.05) is 6.07 Å². The van der Waals surface area contributed by atoms with Crippen molar-refractivity contribution >= 4 is 5.69 Å². The molecule has 0 aromatic carbocycles. The molecule has 0 aliphatic heterocycles. The molecule has 0 atom stereocenters. The van der Waals surface area contributed by atoms with Crippen molar-refractivity contribution in [2.45, 2.75) is 6.92 Å². The van der Waals surface area contributed by atoms with Crippen LogP contribution in [0.25, 0.3) is 11.5 Å². The number of nitro groups is 1. The van der Waals surface area contributed by atoms with Crippen LogP contribution in [0.5, 0.6) is 0 Å². The molecule has 2 aromatic heterocycles. The van der Waals surface area contributed by atoms with E-state index in [0.717, 1.165) is 5.76 Å². The molecule has 0 saturated carbocycles. The van der Waals surface area contributed by atoms with Crippen molar-refractivity contribution in [3.05, 3.63) is 46.3 Å². The van der Waals surface area contributed by atoms with Gasteiger partial charge in [0.05, 0.1) is 4.92 Å². The molecule has 0 aliphatic rings. The van der Waals surface area contributed by atoms with E-state index < -0.39 is 4.92 Å². The number of aryl methyl sites for hydroxylation is 1. The van der Waals surface area contributed by atoms with E-state index in [1.54, 1.807) is 12.1 Å². The van der Waals surface area contributed by atoms with Crippen molar-refractivity contribution < 1.29 is 9.34 Å². The lowest BCUT2D eigenvalue weighted by molar-refractivity contribution is -0.385. The van der Waals surface area contributed by atoms with E-state index in [1.807, 2.05) is 13.0 Å². The van der Waals surface area contributed by atoms with E-state index in [1.165, 1.54) is 12.3 Å². The zero-order valence-electron chi connectivity index (χ0n) is 8.01. The average Bonchev–Trinajstić information content (AvgIpc) is 2.65. The molecule has 76 valence electrons. The third kappa shape index (κ3) is 1.85. The molecule has 15 heavy (non-hydrogen) atoms. The van der Waals surface area contributed by atoms with Crippen LogP contribution in [0.4, 0.5) is 5.69 Å². The highest BCUT2D eigenvalue weighted by Gasteiger charge is 2.08. The summed E-state index contributed by atoms with van der Waals surface area (Å²) >= 11 is 0. The summed E-state index contributed by atoms with van der Waals surface area (Å²) in [6, 6.07) is 6.57.